The van der Waals surface area contributed by atoms with Crippen LogP contribution in [0.1, 0.15) is 0 Å². The summed E-state index contributed by atoms with van der Waals surface area (Å²) in [6.07, 6.45) is 0. The molecular formula is C9H10FN3O. The Balaban J connectivity index is 2.44. The first kappa shape index (κ1) is 8.80. The minimum atomic E-state index is -0.470. The summed E-state index contributed by atoms with van der Waals surface area (Å²) >= 11 is 0. The average Bonchev–Trinajstić information content (AvgIpc) is 2.52. The number of nitrogens with two attached hydrogens (primary N) is 1. The fourth-order valence-electron chi connectivity index (χ4n) is 1.50. The SMILES string of the molecule is Nc1cccc(F)c1N1CCNC1=O. The maximum atomic E-state index is 13.4. The summed E-state index contributed by atoms with van der Waals surface area (Å²) in [6, 6.07) is 4.07. The molecule has 0 spiro atoms. The molecule has 1 heterocycles. The van der Waals surface area contributed by atoms with Crippen molar-refractivity contribution in [3.05, 3.63) is 24.0 Å². The molecule has 1 aromatic rings. The number of hydrogen-bond donors (Lipinski definition) is 2. The van der Waals surface area contributed by atoms with Crippen molar-refractivity contribution >= 4 is 17.4 Å². The molecule has 4 nitrogen and oxygen atoms in total. The lowest BCUT2D eigenvalue weighted by Gasteiger charge is -2.16. The first-order valence-corrected chi connectivity index (χ1v) is 4.29. The van der Waals surface area contributed by atoms with Crippen molar-refractivity contribution < 1.29 is 9.18 Å². The molecule has 0 aliphatic carbocycles. The van der Waals surface area contributed by atoms with Crippen LogP contribution >= 0.6 is 0 Å². The number of benzene rings is 1. The van der Waals surface area contributed by atoms with Gasteiger partial charge in [-0.25, -0.2) is 9.18 Å². The quantitative estimate of drug-likeness (QED) is 0.655. The Bertz CT molecular complexity index is 360. The number of para-hydroxylation sites is 1. The van der Waals surface area contributed by atoms with E-state index in [1.54, 1.807) is 6.07 Å². The second-order valence-corrected chi connectivity index (χ2v) is 3.06. The van der Waals surface area contributed by atoms with Crippen LogP contribution in [0.4, 0.5) is 20.6 Å². The Morgan fingerprint density at radius 1 is 1.50 bits per heavy atom. The summed E-state index contributed by atoms with van der Waals surface area (Å²) in [5.74, 6) is -0.470. The minimum Gasteiger partial charge on any atom is -0.397 e. The van der Waals surface area contributed by atoms with Crippen molar-refractivity contribution in [1.29, 1.82) is 0 Å². The van der Waals surface area contributed by atoms with Gasteiger partial charge < -0.3 is 11.1 Å². The Morgan fingerprint density at radius 3 is 2.86 bits per heavy atom. The molecule has 0 bridgehead atoms. The number of nitrogens with one attached hydrogen (secondary N) is 1. The van der Waals surface area contributed by atoms with E-state index in [0.29, 0.717) is 13.1 Å². The topological polar surface area (TPSA) is 58.4 Å². The molecule has 0 unspecified atom stereocenters. The molecule has 14 heavy (non-hydrogen) atoms. The number of amides is 2. The van der Waals surface area contributed by atoms with Crippen LogP contribution in [-0.2, 0) is 0 Å². The Kier molecular flexibility index (Phi) is 1.99. The van der Waals surface area contributed by atoms with E-state index in [1.807, 2.05) is 0 Å². The number of halogens is 1. The molecule has 3 N–H and O–H groups in total. The van der Waals surface area contributed by atoms with Crippen LogP contribution in [0.3, 0.4) is 0 Å². The van der Waals surface area contributed by atoms with Crippen LogP contribution in [0, 0.1) is 5.82 Å². The summed E-state index contributed by atoms with van der Waals surface area (Å²) in [5, 5.41) is 2.59. The number of carbonyl (C=O) groups is 1. The van der Waals surface area contributed by atoms with E-state index in [2.05, 4.69) is 5.32 Å². The van der Waals surface area contributed by atoms with Crippen molar-refractivity contribution in [1.82, 2.24) is 5.32 Å². The molecule has 2 rings (SSSR count). The van der Waals surface area contributed by atoms with E-state index in [4.69, 9.17) is 5.73 Å². The molecular weight excluding hydrogens is 185 g/mol. The molecule has 5 heteroatoms. The number of urea groups is 1. The zero-order valence-corrected chi connectivity index (χ0v) is 7.46. The zero-order valence-electron chi connectivity index (χ0n) is 7.46. The fraction of sp³-hybridized carbons (Fsp3) is 0.222. The molecule has 74 valence electrons. The molecule has 1 saturated heterocycles. The largest absolute Gasteiger partial charge is 0.397 e. The highest BCUT2D eigenvalue weighted by molar-refractivity contribution is 5.97. The van der Waals surface area contributed by atoms with Crippen LogP contribution < -0.4 is 16.0 Å². The van der Waals surface area contributed by atoms with E-state index in [9.17, 15) is 9.18 Å². The lowest BCUT2D eigenvalue weighted by atomic mass is 10.2. The van der Waals surface area contributed by atoms with E-state index in [0.717, 1.165) is 0 Å². The number of nitrogen functional groups attached to an aromatic ring is 1. The Morgan fingerprint density at radius 2 is 2.29 bits per heavy atom. The maximum absolute atomic E-state index is 13.4. The Hall–Kier alpha value is -1.78. The predicted octanol–water partition coefficient (Wildman–Crippen LogP) is 0.938. The summed E-state index contributed by atoms with van der Waals surface area (Å²) in [5.41, 5.74) is 6.05. The van der Waals surface area contributed by atoms with E-state index in [1.165, 1.54) is 17.0 Å². The summed E-state index contributed by atoms with van der Waals surface area (Å²) < 4.78 is 13.4. The first-order chi connectivity index (χ1) is 6.70. The predicted molar refractivity (Wildman–Crippen MR) is 51.6 cm³/mol. The highest BCUT2D eigenvalue weighted by Crippen LogP contribution is 2.27. The van der Waals surface area contributed by atoms with Crippen molar-refractivity contribution in [3.63, 3.8) is 0 Å². The van der Waals surface area contributed by atoms with Crippen LogP contribution in [0.5, 0.6) is 0 Å². The number of rotatable bonds is 1. The van der Waals surface area contributed by atoms with Gasteiger partial charge in [0.2, 0.25) is 0 Å². The molecule has 1 fully saturated rings. The third kappa shape index (κ3) is 1.26. The summed E-state index contributed by atoms with van der Waals surface area (Å²) in [4.78, 5) is 12.6. The van der Waals surface area contributed by atoms with Crippen LogP contribution in [0.15, 0.2) is 18.2 Å². The molecule has 0 radical (unpaired) electrons. The maximum Gasteiger partial charge on any atom is 0.322 e. The molecule has 1 aromatic carbocycles. The molecule has 2 amide bonds. The highest BCUT2D eigenvalue weighted by atomic mass is 19.1. The minimum absolute atomic E-state index is 0.169. The molecule has 0 atom stereocenters. The van der Waals surface area contributed by atoms with Gasteiger partial charge in [0, 0.05) is 13.1 Å². The monoisotopic (exact) mass is 195 g/mol. The number of carbonyl (C=O) groups excluding carboxylic acids is 1. The lowest BCUT2D eigenvalue weighted by molar-refractivity contribution is 0.252. The van der Waals surface area contributed by atoms with E-state index in [-0.39, 0.29) is 17.4 Å². The van der Waals surface area contributed by atoms with Gasteiger partial charge >= 0.3 is 6.03 Å². The Labute approximate surface area is 80.5 Å². The summed E-state index contributed by atoms with van der Waals surface area (Å²) in [6.45, 7) is 0.969. The van der Waals surface area contributed by atoms with Crippen LogP contribution in [-0.4, -0.2) is 19.1 Å². The normalized spacial score (nSPS) is 15.8. The van der Waals surface area contributed by atoms with E-state index < -0.39 is 5.82 Å². The van der Waals surface area contributed by atoms with Crippen molar-refractivity contribution in [2.45, 2.75) is 0 Å². The fourth-order valence-corrected chi connectivity index (χ4v) is 1.50. The number of nitrogens with zero attached hydrogens (tertiary/aromatic N) is 1. The zero-order chi connectivity index (χ0) is 10.1. The molecule has 0 saturated carbocycles. The average molecular weight is 195 g/mol. The van der Waals surface area contributed by atoms with Gasteiger partial charge in [0.05, 0.1) is 5.69 Å². The van der Waals surface area contributed by atoms with Gasteiger partial charge in [-0.05, 0) is 12.1 Å². The number of hydrogen-bond acceptors (Lipinski definition) is 2. The smallest absolute Gasteiger partial charge is 0.322 e. The second-order valence-electron chi connectivity index (χ2n) is 3.06. The second kappa shape index (κ2) is 3.17. The van der Waals surface area contributed by atoms with Gasteiger partial charge in [0.1, 0.15) is 11.5 Å². The van der Waals surface area contributed by atoms with Gasteiger partial charge in [-0.2, -0.15) is 0 Å². The number of anilines is 2. The lowest BCUT2D eigenvalue weighted by Crippen LogP contribution is -2.29. The van der Waals surface area contributed by atoms with E-state index >= 15 is 0 Å². The van der Waals surface area contributed by atoms with Gasteiger partial charge in [-0.1, -0.05) is 6.07 Å². The van der Waals surface area contributed by atoms with Crippen molar-refractivity contribution in [3.8, 4) is 0 Å². The van der Waals surface area contributed by atoms with Crippen LogP contribution in [0.2, 0.25) is 0 Å². The highest BCUT2D eigenvalue weighted by Gasteiger charge is 2.25. The van der Waals surface area contributed by atoms with Gasteiger partial charge in [0.25, 0.3) is 0 Å². The molecule has 1 aliphatic heterocycles. The van der Waals surface area contributed by atoms with Gasteiger partial charge in [-0.15, -0.1) is 0 Å². The third-order valence-corrected chi connectivity index (χ3v) is 2.14. The third-order valence-electron chi connectivity index (χ3n) is 2.14. The van der Waals surface area contributed by atoms with Crippen molar-refractivity contribution in [2.24, 2.45) is 0 Å². The molecule has 1 aliphatic rings. The van der Waals surface area contributed by atoms with Crippen molar-refractivity contribution in [2.75, 3.05) is 23.7 Å². The van der Waals surface area contributed by atoms with Gasteiger partial charge in [0.15, 0.2) is 0 Å². The first-order valence-electron chi connectivity index (χ1n) is 4.29. The summed E-state index contributed by atoms with van der Waals surface area (Å²) in [7, 11) is 0. The van der Waals surface area contributed by atoms with Crippen LogP contribution in [0.25, 0.3) is 0 Å². The molecule has 0 aromatic heterocycles. The standard InChI is InChI=1S/C9H10FN3O/c10-6-2-1-3-7(11)8(6)13-5-4-12-9(13)14/h1-3H,4-5,11H2,(H,12,14). The van der Waals surface area contributed by atoms with Gasteiger partial charge in [-0.3, -0.25) is 4.90 Å².